The number of aromatic nitrogens is 3. The topological polar surface area (TPSA) is 52.0 Å². The van der Waals surface area contributed by atoms with Crippen molar-refractivity contribution in [3.05, 3.63) is 34.6 Å². The Kier molecular flexibility index (Phi) is 3.17. The SMILES string of the molecule is COc1ccc(C2CSc3nncn3N2)cc1Br. The second-order valence-corrected chi connectivity index (χ2v) is 5.71. The lowest BCUT2D eigenvalue weighted by molar-refractivity contribution is 0.412. The van der Waals surface area contributed by atoms with Crippen LogP contribution in [-0.2, 0) is 0 Å². The van der Waals surface area contributed by atoms with Crippen LogP contribution in [0, 0.1) is 0 Å². The molecule has 3 rings (SSSR count). The van der Waals surface area contributed by atoms with Crippen LogP contribution in [0.25, 0.3) is 0 Å². The summed E-state index contributed by atoms with van der Waals surface area (Å²) in [6.45, 7) is 0. The molecule has 0 radical (unpaired) electrons. The standard InChI is InChI=1S/C11H11BrN4OS/c1-17-10-3-2-7(4-8(10)12)9-5-18-11-14-13-6-16(11)15-9/h2-4,6,9,15H,5H2,1H3. The van der Waals surface area contributed by atoms with Crippen LogP contribution < -0.4 is 10.2 Å². The minimum atomic E-state index is 0.237. The predicted molar refractivity (Wildman–Crippen MR) is 73.5 cm³/mol. The maximum Gasteiger partial charge on any atom is 0.209 e. The summed E-state index contributed by atoms with van der Waals surface area (Å²) in [4.78, 5) is 0. The molecule has 0 saturated carbocycles. The van der Waals surface area contributed by atoms with Crippen molar-refractivity contribution in [1.82, 2.24) is 14.9 Å². The van der Waals surface area contributed by atoms with Crippen LogP contribution in [0.15, 0.2) is 34.2 Å². The molecule has 0 spiro atoms. The lowest BCUT2D eigenvalue weighted by atomic mass is 10.1. The quantitative estimate of drug-likeness (QED) is 0.918. The van der Waals surface area contributed by atoms with Gasteiger partial charge in [-0.3, -0.25) is 0 Å². The molecular weight excluding hydrogens is 316 g/mol. The van der Waals surface area contributed by atoms with Crippen molar-refractivity contribution in [1.29, 1.82) is 0 Å². The Bertz CT molecular complexity index is 574. The predicted octanol–water partition coefficient (Wildman–Crippen LogP) is 2.44. The number of nitrogens with zero attached hydrogens (tertiary/aromatic N) is 3. The highest BCUT2D eigenvalue weighted by atomic mass is 79.9. The highest BCUT2D eigenvalue weighted by Gasteiger charge is 2.21. The molecule has 1 aliphatic heterocycles. The first kappa shape index (κ1) is 11.9. The van der Waals surface area contributed by atoms with Crippen LogP contribution in [0.3, 0.4) is 0 Å². The highest BCUT2D eigenvalue weighted by molar-refractivity contribution is 9.10. The molecule has 0 fully saturated rings. The van der Waals surface area contributed by atoms with Crippen molar-refractivity contribution in [2.45, 2.75) is 11.2 Å². The number of thioether (sulfide) groups is 1. The average Bonchev–Trinajstić information content (AvgIpc) is 2.85. The Labute approximate surface area is 117 Å². The zero-order valence-electron chi connectivity index (χ0n) is 9.63. The van der Waals surface area contributed by atoms with Gasteiger partial charge in [-0.1, -0.05) is 17.8 Å². The third-order valence-electron chi connectivity index (χ3n) is 2.77. The van der Waals surface area contributed by atoms with Crippen LogP contribution in [0.2, 0.25) is 0 Å². The number of rotatable bonds is 2. The molecular formula is C11H11BrN4OS. The van der Waals surface area contributed by atoms with Crippen molar-refractivity contribution in [2.24, 2.45) is 0 Å². The van der Waals surface area contributed by atoms with Gasteiger partial charge in [0.2, 0.25) is 5.16 Å². The molecule has 0 aliphatic carbocycles. The first-order valence-electron chi connectivity index (χ1n) is 5.41. The summed E-state index contributed by atoms with van der Waals surface area (Å²) < 4.78 is 8.05. The zero-order valence-corrected chi connectivity index (χ0v) is 12.0. The second-order valence-electron chi connectivity index (χ2n) is 3.87. The highest BCUT2D eigenvalue weighted by Crippen LogP contribution is 2.32. The van der Waals surface area contributed by atoms with Crippen LogP contribution in [-0.4, -0.2) is 27.7 Å². The lowest BCUT2D eigenvalue weighted by Gasteiger charge is -2.25. The van der Waals surface area contributed by atoms with Crippen molar-refractivity contribution in [2.75, 3.05) is 18.3 Å². The molecule has 1 unspecified atom stereocenters. The fraction of sp³-hybridized carbons (Fsp3) is 0.273. The number of hydrogen-bond acceptors (Lipinski definition) is 5. The summed E-state index contributed by atoms with van der Waals surface area (Å²) in [5, 5.41) is 8.79. The van der Waals surface area contributed by atoms with Gasteiger partial charge in [0.25, 0.3) is 0 Å². The van der Waals surface area contributed by atoms with E-state index in [1.807, 2.05) is 10.7 Å². The van der Waals surface area contributed by atoms with Gasteiger partial charge in [-0.2, -0.15) is 0 Å². The fourth-order valence-corrected chi connectivity index (χ4v) is 3.33. The van der Waals surface area contributed by atoms with Crippen LogP contribution >= 0.6 is 27.7 Å². The van der Waals surface area contributed by atoms with E-state index in [1.54, 1.807) is 25.2 Å². The molecule has 0 amide bonds. The number of halogens is 1. The zero-order chi connectivity index (χ0) is 12.5. The molecule has 1 atom stereocenters. The van der Waals surface area contributed by atoms with E-state index in [9.17, 15) is 0 Å². The van der Waals surface area contributed by atoms with Crippen molar-refractivity contribution in [3.63, 3.8) is 0 Å². The summed E-state index contributed by atoms with van der Waals surface area (Å²) in [5.74, 6) is 1.77. The van der Waals surface area contributed by atoms with Gasteiger partial charge in [-0.25, -0.2) is 4.68 Å². The van der Waals surface area contributed by atoms with Gasteiger partial charge in [0.05, 0.1) is 17.6 Å². The van der Waals surface area contributed by atoms with Gasteiger partial charge >= 0.3 is 0 Å². The first-order chi connectivity index (χ1) is 8.78. The van der Waals surface area contributed by atoms with E-state index < -0.39 is 0 Å². The first-order valence-corrected chi connectivity index (χ1v) is 7.18. The molecule has 2 aromatic rings. The molecule has 1 aromatic heterocycles. The van der Waals surface area contributed by atoms with E-state index in [0.29, 0.717) is 0 Å². The Balaban J connectivity index is 1.86. The lowest BCUT2D eigenvalue weighted by Crippen LogP contribution is -2.27. The average molecular weight is 327 g/mol. The molecule has 18 heavy (non-hydrogen) atoms. The van der Waals surface area contributed by atoms with Gasteiger partial charge < -0.3 is 10.2 Å². The fourth-order valence-electron chi connectivity index (χ4n) is 1.84. The van der Waals surface area contributed by atoms with Gasteiger partial charge in [-0.05, 0) is 33.6 Å². The van der Waals surface area contributed by atoms with Gasteiger partial charge in [0.15, 0.2) is 0 Å². The third-order valence-corrected chi connectivity index (χ3v) is 4.42. The summed E-state index contributed by atoms with van der Waals surface area (Å²) in [6.07, 6.45) is 1.69. The van der Waals surface area contributed by atoms with E-state index in [-0.39, 0.29) is 6.04 Å². The van der Waals surface area contributed by atoms with Gasteiger partial charge in [0, 0.05) is 5.75 Å². The van der Waals surface area contributed by atoms with E-state index in [4.69, 9.17) is 4.74 Å². The number of ether oxygens (including phenoxy) is 1. The Morgan fingerprint density at radius 2 is 2.44 bits per heavy atom. The third kappa shape index (κ3) is 2.08. The molecule has 1 aromatic carbocycles. The van der Waals surface area contributed by atoms with Crippen molar-refractivity contribution < 1.29 is 4.74 Å². The number of methoxy groups -OCH3 is 1. The molecule has 0 saturated heterocycles. The monoisotopic (exact) mass is 326 g/mol. The molecule has 5 nitrogen and oxygen atoms in total. The number of nitrogens with one attached hydrogen (secondary N) is 1. The van der Waals surface area contributed by atoms with Gasteiger partial charge in [0.1, 0.15) is 12.1 Å². The maximum absolute atomic E-state index is 5.23. The molecule has 7 heteroatoms. The van der Waals surface area contributed by atoms with E-state index in [1.165, 1.54) is 5.56 Å². The van der Waals surface area contributed by atoms with Crippen molar-refractivity contribution in [3.8, 4) is 5.75 Å². The number of fused-ring (bicyclic) bond motifs is 1. The summed E-state index contributed by atoms with van der Waals surface area (Å²) in [6, 6.07) is 6.34. The van der Waals surface area contributed by atoms with Crippen LogP contribution in [0.1, 0.15) is 11.6 Å². The minimum absolute atomic E-state index is 0.237. The molecule has 1 aliphatic rings. The second kappa shape index (κ2) is 4.81. The molecule has 1 N–H and O–H groups in total. The van der Waals surface area contributed by atoms with E-state index in [0.717, 1.165) is 21.1 Å². The van der Waals surface area contributed by atoms with Crippen LogP contribution in [0.4, 0.5) is 0 Å². The summed E-state index contributed by atoms with van der Waals surface area (Å²) in [5.41, 5.74) is 4.57. The van der Waals surface area contributed by atoms with E-state index in [2.05, 4.69) is 43.7 Å². The smallest absolute Gasteiger partial charge is 0.209 e. The Morgan fingerprint density at radius 3 is 3.22 bits per heavy atom. The molecule has 94 valence electrons. The summed E-state index contributed by atoms with van der Waals surface area (Å²) in [7, 11) is 1.66. The number of hydrogen-bond donors (Lipinski definition) is 1. The Morgan fingerprint density at radius 1 is 1.56 bits per heavy atom. The van der Waals surface area contributed by atoms with E-state index >= 15 is 0 Å². The van der Waals surface area contributed by atoms with Crippen molar-refractivity contribution >= 4 is 27.7 Å². The summed E-state index contributed by atoms with van der Waals surface area (Å²) >= 11 is 5.20. The largest absolute Gasteiger partial charge is 0.496 e. The van der Waals surface area contributed by atoms with Crippen LogP contribution in [0.5, 0.6) is 5.75 Å². The normalized spacial score (nSPS) is 18.0. The maximum atomic E-state index is 5.23. The molecule has 2 heterocycles. The minimum Gasteiger partial charge on any atom is -0.496 e. The Hall–Kier alpha value is -1.21. The van der Waals surface area contributed by atoms with Gasteiger partial charge in [-0.15, -0.1) is 10.2 Å². The number of benzene rings is 1. The molecule has 0 bridgehead atoms.